The number of sulfonamides is 1. The fourth-order valence-electron chi connectivity index (χ4n) is 3.05. The van der Waals surface area contributed by atoms with Crippen LogP contribution in [0.3, 0.4) is 0 Å². The summed E-state index contributed by atoms with van der Waals surface area (Å²) >= 11 is 0. The van der Waals surface area contributed by atoms with Crippen LogP contribution in [0.15, 0.2) is 29.2 Å². The molecule has 0 bridgehead atoms. The van der Waals surface area contributed by atoms with Crippen molar-refractivity contribution in [3.8, 4) is 0 Å². The van der Waals surface area contributed by atoms with Gasteiger partial charge in [0.05, 0.1) is 18.1 Å². The Bertz CT molecular complexity index is 683. The molecule has 8 heteroatoms. The molecule has 7 nitrogen and oxygen atoms in total. The Morgan fingerprint density at radius 3 is 2.35 bits per heavy atom. The first kappa shape index (κ1) is 20.8. The first-order valence-corrected chi connectivity index (χ1v) is 10.5. The molecule has 1 aromatic rings. The molecule has 0 aliphatic carbocycles. The Labute approximate surface area is 156 Å². The Morgan fingerprint density at radius 2 is 1.81 bits per heavy atom. The highest BCUT2D eigenvalue weighted by Gasteiger charge is 2.24. The monoisotopic (exact) mass is 383 g/mol. The van der Waals surface area contributed by atoms with Crippen LogP contribution < -0.4 is 10.0 Å². The Balaban J connectivity index is 1.98. The third-order valence-corrected chi connectivity index (χ3v) is 6.08. The van der Waals surface area contributed by atoms with Crippen molar-refractivity contribution < 1.29 is 17.9 Å². The van der Waals surface area contributed by atoms with Crippen LogP contribution in [-0.4, -0.2) is 64.7 Å². The average molecular weight is 384 g/mol. The predicted octanol–water partition coefficient (Wildman–Crippen LogP) is 1.07. The topological polar surface area (TPSA) is 87.7 Å². The number of carbonyl (C=O) groups excluding carboxylic acids is 1. The maximum Gasteiger partial charge on any atom is 0.251 e. The van der Waals surface area contributed by atoms with Gasteiger partial charge in [0.25, 0.3) is 5.91 Å². The van der Waals surface area contributed by atoms with Gasteiger partial charge in [-0.05, 0) is 30.2 Å². The lowest BCUT2D eigenvalue weighted by atomic mass is 10.0. The summed E-state index contributed by atoms with van der Waals surface area (Å²) in [4.78, 5) is 14.9. The van der Waals surface area contributed by atoms with Crippen LogP contribution >= 0.6 is 0 Å². The van der Waals surface area contributed by atoms with E-state index < -0.39 is 10.0 Å². The van der Waals surface area contributed by atoms with Gasteiger partial charge < -0.3 is 10.1 Å². The van der Waals surface area contributed by atoms with Gasteiger partial charge in [0.1, 0.15) is 0 Å². The summed E-state index contributed by atoms with van der Waals surface area (Å²) in [6, 6.07) is 6.23. The number of rotatable bonds is 8. The summed E-state index contributed by atoms with van der Waals surface area (Å²) in [5, 5.41) is 2.97. The standard InChI is InChI=1S/C18H29N3O4S/c1-4-20-26(23,24)16-7-5-15(6-8-16)18(22)19-13-17(14(2)3)21-9-11-25-12-10-21/h5-8,14,17,20H,4,9-13H2,1-3H3,(H,19,22). The number of benzene rings is 1. The summed E-state index contributed by atoms with van der Waals surface area (Å²) in [6.07, 6.45) is 0. The summed E-state index contributed by atoms with van der Waals surface area (Å²) in [6.45, 7) is 10.1. The van der Waals surface area contributed by atoms with Crippen molar-refractivity contribution in [3.63, 3.8) is 0 Å². The highest BCUT2D eigenvalue weighted by atomic mass is 32.2. The van der Waals surface area contributed by atoms with Crippen LogP contribution in [0.4, 0.5) is 0 Å². The van der Waals surface area contributed by atoms with Crippen molar-refractivity contribution >= 4 is 15.9 Å². The molecular formula is C18H29N3O4S. The van der Waals surface area contributed by atoms with Gasteiger partial charge in [-0.25, -0.2) is 13.1 Å². The maximum absolute atomic E-state index is 12.4. The molecule has 1 aliphatic heterocycles. The lowest BCUT2D eigenvalue weighted by molar-refractivity contribution is 0.00672. The van der Waals surface area contributed by atoms with Gasteiger partial charge in [-0.15, -0.1) is 0 Å². The molecule has 1 aliphatic rings. The Morgan fingerprint density at radius 1 is 1.19 bits per heavy atom. The number of ether oxygens (including phenoxy) is 1. The van der Waals surface area contributed by atoms with E-state index >= 15 is 0 Å². The van der Waals surface area contributed by atoms with Gasteiger partial charge >= 0.3 is 0 Å². The molecule has 1 unspecified atom stereocenters. The van der Waals surface area contributed by atoms with E-state index in [0.29, 0.717) is 24.6 Å². The van der Waals surface area contributed by atoms with Gasteiger partial charge in [0.2, 0.25) is 10.0 Å². The molecule has 1 amide bonds. The van der Waals surface area contributed by atoms with Gasteiger partial charge in [-0.3, -0.25) is 9.69 Å². The lowest BCUT2D eigenvalue weighted by Gasteiger charge is -2.36. The molecule has 0 saturated carbocycles. The van der Waals surface area contributed by atoms with Crippen LogP contribution in [0, 0.1) is 5.92 Å². The number of nitrogens with one attached hydrogen (secondary N) is 2. The normalized spacial score (nSPS) is 17.2. The molecule has 0 aromatic heterocycles. The summed E-state index contributed by atoms with van der Waals surface area (Å²) in [5.74, 6) is 0.206. The van der Waals surface area contributed by atoms with Gasteiger partial charge in [-0.1, -0.05) is 20.8 Å². The van der Waals surface area contributed by atoms with E-state index in [4.69, 9.17) is 4.74 Å². The van der Waals surface area contributed by atoms with E-state index in [1.165, 1.54) is 12.1 Å². The Kier molecular flexibility index (Phi) is 7.57. The maximum atomic E-state index is 12.4. The molecule has 1 heterocycles. The second-order valence-corrected chi connectivity index (χ2v) is 8.46. The summed E-state index contributed by atoms with van der Waals surface area (Å²) in [5.41, 5.74) is 0.449. The molecule has 2 N–H and O–H groups in total. The van der Waals surface area contributed by atoms with Crippen LogP contribution in [0.2, 0.25) is 0 Å². The van der Waals surface area contributed by atoms with E-state index in [2.05, 4.69) is 28.8 Å². The van der Waals surface area contributed by atoms with Crippen molar-refractivity contribution in [2.75, 3.05) is 39.4 Å². The highest BCUT2D eigenvalue weighted by Crippen LogP contribution is 2.13. The van der Waals surface area contributed by atoms with E-state index in [9.17, 15) is 13.2 Å². The average Bonchev–Trinajstić information content (AvgIpc) is 2.62. The molecule has 2 rings (SSSR count). The molecule has 0 spiro atoms. The van der Waals surface area contributed by atoms with E-state index in [1.54, 1.807) is 19.1 Å². The van der Waals surface area contributed by atoms with Crippen LogP contribution in [0.5, 0.6) is 0 Å². The molecule has 1 aromatic carbocycles. The largest absolute Gasteiger partial charge is 0.379 e. The van der Waals surface area contributed by atoms with Gasteiger partial charge in [0, 0.05) is 37.8 Å². The molecule has 0 radical (unpaired) electrons. The zero-order chi connectivity index (χ0) is 19.2. The van der Waals surface area contributed by atoms with Crippen molar-refractivity contribution in [1.82, 2.24) is 14.9 Å². The van der Waals surface area contributed by atoms with Crippen LogP contribution in [0.25, 0.3) is 0 Å². The van der Waals surface area contributed by atoms with Crippen LogP contribution in [-0.2, 0) is 14.8 Å². The minimum Gasteiger partial charge on any atom is -0.379 e. The lowest BCUT2D eigenvalue weighted by Crippen LogP contribution is -2.51. The number of carbonyl (C=O) groups is 1. The van der Waals surface area contributed by atoms with E-state index in [1.807, 2.05) is 0 Å². The summed E-state index contributed by atoms with van der Waals surface area (Å²) in [7, 11) is -3.50. The quantitative estimate of drug-likeness (QED) is 0.701. The van der Waals surface area contributed by atoms with Gasteiger partial charge in [0.15, 0.2) is 0 Å². The third kappa shape index (κ3) is 5.51. The summed E-state index contributed by atoms with van der Waals surface area (Å²) < 4.78 is 31.7. The van der Waals surface area contributed by atoms with E-state index in [0.717, 1.165) is 26.3 Å². The molecule has 1 atom stereocenters. The van der Waals surface area contributed by atoms with Crippen molar-refractivity contribution in [1.29, 1.82) is 0 Å². The number of nitrogens with zero attached hydrogens (tertiary/aromatic N) is 1. The molecule has 1 fully saturated rings. The first-order chi connectivity index (χ1) is 12.3. The van der Waals surface area contributed by atoms with Crippen molar-refractivity contribution in [3.05, 3.63) is 29.8 Å². The second-order valence-electron chi connectivity index (χ2n) is 6.70. The minimum atomic E-state index is -3.50. The number of hydrogen-bond donors (Lipinski definition) is 2. The fourth-order valence-corrected chi connectivity index (χ4v) is 4.09. The van der Waals surface area contributed by atoms with Crippen molar-refractivity contribution in [2.24, 2.45) is 5.92 Å². The highest BCUT2D eigenvalue weighted by molar-refractivity contribution is 7.89. The minimum absolute atomic E-state index is 0.157. The Hall–Kier alpha value is -1.48. The number of amides is 1. The predicted molar refractivity (Wildman–Crippen MR) is 101 cm³/mol. The molecule has 26 heavy (non-hydrogen) atoms. The fraction of sp³-hybridized carbons (Fsp3) is 0.611. The van der Waals surface area contributed by atoms with Gasteiger partial charge in [-0.2, -0.15) is 0 Å². The zero-order valence-corrected chi connectivity index (χ0v) is 16.5. The first-order valence-electron chi connectivity index (χ1n) is 9.05. The number of hydrogen-bond acceptors (Lipinski definition) is 5. The van der Waals surface area contributed by atoms with Crippen LogP contribution in [0.1, 0.15) is 31.1 Å². The second kappa shape index (κ2) is 9.45. The third-order valence-electron chi connectivity index (χ3n) is 4.52. The smallest absolute Gasteiger partial charge is 0.251 e. The van der Waals surface area contributed by atoms with E-state index in [-0.39, 0.29) is 16.8 Å². The number of morpholine rings is 1. The SMILES string of the molecule is CCNS(=O)(=O)c1ccc(C(=O)NCC(C(C)C)N2CCOCC2)cc1. The molecule has 146 valence electrons. The molecular weight excluding hydrogens is 354 g/mol. The zero-order valence-electron chi connectivity index (χ0n) is 15.7. The molecule has 1 saturated heterocycles. The van der Waals surface area contributed by atoms with Crippen molar-refractivity contribution in [2.45, 2.75) is 31.7 Å².